The second-order valence-corrected chi connectivity index (χ2v) is 6.42. The highest BCUT2D eigenvalue weighted by Gasteiger charge is 2.31. The Morgan fingerprint density at radius 3 is 2.29 bits per heavy atom. The van der Waals surface area contributed by atoms with Crippen molar-refractivity contribution in [3.63, 3.8) is 0 Å². The Morgan fingerprint density at radius 1 is 1.00 bits per heavy atom. The molecule has 0 N–H and O–H groups in total. The van der Waals surface area contributed by atoms with Gasteiger partial charge in [0.1, 0.15) is 5.82 Å². The molecule has 0 bridgehead atoms. The number of aryl methyl sites for hydroxylation is 2. The molecule has 2 nitrogen and oxygen atoms in total. The van der Waals surface area contributed by atoms with Gasteiger partial charge in [0.2, 0.25) is 0 Å². The van der Waals surface area contributed by atoms with Crippen molar-refractivity contribution in [2.24, 2.45) is 0 Å². The molecule has 0 fully saturated rings. The van der Waals surface area contributed by atoms with Gasteiger partial charge in [-0.15, -0.1) is 0 Å². The van der Waals surface area contributed by atoms with Crippen molar-refractivity contribution in [3.05, 3.63) is 53.1 Å². The molecule has 1 heterocycles. The van der Waals surface area contributed by atoms with Gasteiger partial charge < -0.3 is 4.57 Å². The van der Waals surface area contributed by atoms with Gasteiger partial charge in [0.25, 0.3) is 0 Å². The SMILES string of the molecule is Cc1ccc(-c2nc3cc(C(F)(F)F)ccc3n2C(C)C)c(C)c1. The van der Waals surface area contributed by atoms with E-state index in [1.165, 1.54) is 6.07 Å². The fraction of sp³-hybridized carbons (Fsp3) is 0.316. The van der Waals surface area contributed by atoms with Crippen LogP contribution in [0.1, 0.15) is 36.6 Å². The molecule has 0 atom stereocenters. The van der Waals surface area contributed by atoms with E-state index in [9.17, 15) is 13.2 Å². The van der Waals surface area contributed by atoms with E-state index in [1.807, 2.05) is 44.4 Å². The molecule has 0 saturated carbocycles. The van der Waals surface area contributed by atoms with E-state index >= 15 is 0 Å². The van der Waals surface area contributed by atoms with E-state index in [4.69, 9.17) is 0 Å². The van der Waals surface area contributed by atoms with Crippen LogP contribution < -0.4 is 0 Å². The Hall–Kier alpha value is -2.30. The van der Waals surface area contributed by atoms with Crippen LogP contribution in [0.3, 0.4) is 0 Å². The van der Waals surface area contributed by atoms with Crippen LogP contribution in [0.4, 0.5) is 13.2 Å². The van der Waals surface area contributed by atoms with Crippen molar-refractivity contribution in [2.75, 3.05) is 0 Å². The summed E-state index contributed by atoms with van der Waals surface area (Å²) in [5, 5.41) is 0. The Labute approximate surface area is 138 Å². The molecule has 1 aromatic heterocycles. The number of benzene rings is 2. The quantitative estimate of drug-likeness (QED) is 0.569. The summed E-state index contributed by atoms with van der Waals surface area (Å²) >= 11 is 0. The first-order valence-electron chi connectivity index (χ1n) is 7.85. The summed E-state index contributed by atoms with van der Waals surface area (Å²) in [6, 6.07) is 9.87. The summed E-state index contributed by atoms with van der Waals surface area (Å²) in [5.74, 6) is 0.705. The lowest BCUT2D eigenvalue weighted by molar-refractivity contribution is -0.137. The number of hydrogen-bond donors (Lipinski definition) is 0. The Morgan fingerprint density at radius 2 is 1.71 bits per heavy atom. The zero-order valence-electron chi connectivity index (χ0n) is 14.1. The van der Waals surface area contributed by atoms with Gasteiger partial charge in [0.15, 0.2) is 0 Å². The number of nitrogens with zero attached hydrogens (tertiary/aromatic N) is 2. The maximum atomic E-state index is 13.0. The van der Waals surface area contributed by atoms with Crippen molar-refractivity contribution in [1.29, 1.82) is 0 Å². The number of rotatable bonds is 2. The monoisotopic (exact) mass is 332 g/mol. The summed E-state index contributed by atoms with van der Waals surface area (Å²) in [6.07, 6.45) is -4.37. The van der Waals surface area contributed by atoms with Crippen LogP contribution in [0.15, 0.2) is 36.4 Å². The number of hydrogen-bond acceptors (Lipinski definition) is 1. The van der Waals surface area contributed by atoms with Gasteiger partial charge in [-0.25, -0.2) is 4.98 Å². The van der Waals surface area contributed by atoms with E-state index in [0.29, 0.717) is 16.9 Å². The van der Waals surface area contributed by atoms with E-state index in [-0.39, 0.29) is 6.04 Å². The van der Waals surface area contributed by atoms with Crippen molar-refractivity contribution in [1.82, 2.24) is 9.55 Å². The minimum atomic E-state index is -4.37. The normalized spacial score (nSPS) is 12.3. The van der Waals surface area contributed by atoms with Gasteiger partial charge in [-0.05, 0) is 51.5 Å². The van der Waals surface area contributed by atoms with Gasteiger partial charge in [0.05, 0.1) is 16.6 Å². The van der Waals surface area contributed by atoms with E-state index in [1.54, 1.807) is 0 Å². The third-order valence-corrected chi connectivity index (χ3v) is 4.16. The fourth-order valence-electron chi connectivity index (χ4n) is 3.05. The molecular weight excluding hydrogens is 313 g/mol. The number of fused-ring (bicyclic) bond motifs is 1. The van der Waals surface area contributed by atoms with Crippen molar-refractivity contribution in [2.45, 2.75) is 39.9 Å². The molecule has 0 spiro atoms. The molecule has 0 saturated heterocycles. The minimum Gasteiger partial charge on any atom is -0.321 e. The number of halogens is 3. The van der Waals surface area contributed by atoms with Crippen LogP contribution in [0.2, 0.25) is 0 Å². The van der Waals surface area contributed by atoms with Crippen molar-refractivity contribution >= 4 is 11.0 Å². The van der Waals surface area contributed by atoms with E-state index < -0.39 is 11.7 Å². The highest BCUT2D eigenvalue weighted by molar-refractivity contribution is 5.82. The van der Waals surface area contributed by atoms with Crippen LogP contribution in [-0.4, -0.2) is 9.55 Å². The van der Waals surface area contributed by atoms with Gasteiger partial charge in [0, 0.05) is 11.6 Å². The van der Waals surface area contributed by atoms with Crippen molar-refractivity contribution in [3.8, 4) is 11.4 Å². The topological polar surface area (TPSA) is 17.8 Å². The average Bonchev–Trinajstić information content (AvgIpc) is 2.84. The number of aromatic nitrogens is 2. The molecule has 0 amide bonds. The molecule has 126 valence electrons. The van der Waals surface area contributed by atoms with Gasteiger partial charge in [-0.3, -0.25) is 0 Å². The van der Waals surface area contributed by atoms with E-state index in [2.05, 4.69) is 11.1 Å². The molecular formula is C19H19F3N2. The van der Waals surface area contributed by atoms with Crippen LogP contribution >= 0.6 is 0 Å². The largest absolute Gasteiger partial charge is 0.416 e. The van der Waals surface area contributed by atoms with Crippen LogP contribution in [0.25, 0.3) is 22.4 Å². The molecule has 0 aliphatic heterocycles. The fourth-order valence-corrected chi connectivity index (χ4v) is 3.05. The average molecular weight is 332 g/mol. The van der Waals surface area contributed by atoms with Gasteiger partial charge in [-0.2, -0.15) is 13.2 Å². The summed E-state index contributed by atoms with van der Waals surface area (Å²) in [6.45, 7) is 8.02. The van der Waals surface area contributed by atoms with Crippen LogP contribution in [0, 0.1) is 13.8 Å². The van der Waals surface area contributed by atoms with Crippen LogP contribution in [0.5, 0.6) is 0 Å². The maximum Gasteiger partial charge on any atom is 0.416 e. The van der Waals surface area contributed by atoms with Crippen LogP contribution in [-0.2, 0) is 6.18 Å². The molecule has 3 aromatic rings. The third kappa shape index (κ3) is 2.79. The molecule has 24 heavy (non-hydrogen) atoms. The number of alkyl halides is 3. The lowest BCUT2D eigenvalue weighted by Gasteiger charge is -2.15. The van der Waals surface area contributed by atoms with Gasteiger partial charge >= 0.3 is 6.18 Å². The molecule has 0 unspecified atom stereocenters. The molecule has 0 aliphatic carbocycles. The highest BCUT2D eigenvalue weighted by atomic mass is 19.4. The standard InChI is InChI=1S/C19H19F3N2/c1-11(2)24-17-8-6-14(19(20,21)22)10-16(17)23-18(24)15-7-5-12(3)9-13(15)4/h5-11H,1-4H3. The summed E-state index contributed by atoms with van der Waals surface area (Å²) in [7, 11) is 0. The predicted octanol–water partition coefficient (Wildman–Crippen LogP) is 5.92. The summed E-state index contributed by atoms with van der Waals surface area (Å²) in [5.41, 5.74) is 3.56. The second kappa shape index (κ2) is 5.65. The predicted molar refractivity (Wildman–Crippen MR) is 90.0 cm³/mol. The minimum absolute atomic E-state index is 0.0856. The Bertz CT molecular complexity index is 905. The Balaban J connectivity index is 2.29. The van der Waals surface area contributed by atoms with Gasteiger partial charge in [-0.1, -0.05) is 23.8 Å². The molecule has 0 radical (unpaired) electrons. The highest BCUT2D eigenvalue weighted by Crippen LogP contribution is 2.35. The first kappa shape index (κ1) is 16.6. The first-order chi connectivity index (χ1) is 11.2. The lowest BCUT2D eigenvalue weighted by atomic mass is 10.1. The lowest BCUT2D eigenvalue weighted by Crippen LogP contribution is -2.05. The third-order valence-electron chi connectivity index (χ3n) is 4.16. The molecule has 2 aromatic carbocycles. The summed E-state index contributed by atoms with van der Waals surface area (Å²) in [4.78, 5) is 4.53. The molecule has 0 aliphatic rings. The zero-order valence-corrected chi connectivity index (χ0v) is 14.1. The number of imidazole rings is 1. The zero-order chi connectivity index (χ0) is 17.6. The smallest absolute Gasteiger partial charge is 0.321 e. The molecule has 3 rings (SSSR count). The Kier molecular flexibility index (Phi) is 3.90. The summed E-state index contributed by atoms with van der Waals surface area (Å²) < 4.78 is 40.9. The first-order valence-corrected chi connectivity index (χ1v) is 7.85. The molecule has 5 heteroatoms. The second-order valence-electron chi connectivity index (χ2n) is 6.42. The van der Waals surface area contributed by atoms with Crippen molar-refractivity contribution < 1.29 is 13.2 Å². The maximum absolute atomic E-state index is 13.0. The van der Waals surface area contributed by atoms with E-state index in [0.717, 1.165) is 28.8 Å².